The van der Waals surface area contributed by atoms with Crippen molar-refractivity contribution in [1.29, 1.82) is 0 Å². The molecule has 0 fully saturated rings. The molecule has 134 valence electrons. The molecule has 1 atom stereocenters. The van der Waals surface area contributed by atoms with E-state index in [0.29, 0.717) is 13.0 Å². The van der Waals surface area contributed by atoms with Gasteiger partial charge in [0, 0.05) is 33.8 Å². The second-order valence-corrected chi connectivity index (χ2v) is 7.70. The monoisotopic (exact) mass is 365 g/mol. The van der Waals surface area contributed by atoms with Gasteiger partial charge in [-0.2, -0.15) is 0 Å². The van der Waals surface area contributed by atoms with Crippen molar-refractivity contribution in [3.05, 3.63) is 40.4 Å². The average Bonchev–Trinajstić information content (AvgIpc) is 3.03. The maximum Gasteiger partial charge on any atom is 0.304 e. The average molecular weight is 365 g/mol. The summed E-state index contributed by atoms with van der Waals surface area (Å²) in [7, 11) is 0. The van der Waals surface area contributed by atoms with Crippen LogP contribution in [-0.2, 0) is 11.3 Å². The third-order valence-electron chi connectivity index (χ3n) is 4.62. The van der Waals surface area contributed by atoms with E-state index < -0.39 is 5.97 Å². The van der Waals surface area contributed by atoms with Gasteiger partial charge in [-0.3, -0.25) is 4.79 Å². The van der Waals surface area contributed by atoms with Gasteiger partial charge in [-0.25, -0.2) is 8.78 Å². The fourth-order valence-corrected chi connectivity index (χ4v) is 4.66. The molecule has 25 heavy (non-hydrogen) atoms. The summed E-state index contributed by atoms with van der Waals surface area (Å²) in [6.45, 7) is 6.03. The zero-order valence-corrected chi connectivity index (χ0v) is 15.3. The fourth-order valence-electron chi connectivity index (χ4n) is 3.65. The molecule has 3 nitrogen and oxygen atoms in total. The number of rotatable bonds is 5. The Morgan fingerprint density at radius 1 is 1.48 bits per heavy atom. The van der Waals surface area contributed by atoms with Gasteiger partial charge in [-0.1, -0.05) is 25.6 Å². The number of carboxylic acids is 1. The lowest BCUT2D eigenvalue weighted by atomic mass is 9.96. The van der Waals surface area contributed by atoms with E-state index in [4.69, 9.17) is 0 Å². The van der Waals surface area contributed by atoms with Crippen LogP contribution in [0, 0.1) is 5.82 Å². The Hall–Kier alpha value is -1.82. The van der Waals surface area contributed by atoms with E-state index in [0.717, 1.165) is 27.1 Å². The second kappa shape index (κ2) is 6.83. The first-order valence-corrected chi connectivity index (χ1v) is 9.23. The van der Waals surface area contributed by atoms with Gasteiger partial charge in [0.2, 0.25) is 0 Å². The molecule has 2 heterocycles. The second-order valence-electron chi connectivity index (χ2n) is 6.82. The summed E-state index contributed by atoms with van der Waals surface area (Å²) in [5, 5.41) is 11.6. The molecule has 1 aromatic heterocycles. The van der Waals surface area contributed by atoms with Crippen molar-refractivity contribution in [3.8, 4) is 0 Å². The SMILES string of the molecule is C/C(F)=C/Sc1c2n(c3cc(F)cc(C(C)C)c13)CCC2CC(=O)O. The highest BCUT2D eigenvalue weighted by molar-refractivity contribution is 8.02. The van der Waals surface area contributed by atoms with Gasteiger partial charge in [0.1, 0.15) is 11.6 Å². The standard InChI is InChI=1S/C19H21F2NO2S/c1-10(2)14-7-13(21)8-15-17(14)19(25-9-11(3)20)18-12(6-16(23)24)4-5-22(15)18/h7-10,12H,4-6H2,1-3H3,(H,23,24)/b11-9-. The molecular formula is C19H21F2NO2S. The summed E-state index contributed by atoms with van der Waals surface area (Å²) in [5.41, 5.74) is 2.55. The molecule has 0 amide bonds. The van der Waals surface area contributed by atoms with Gasteiger partial charge < -0.3 is 9.67 Å². The Labute approximate surface area is 149 Å². The molecular weight excluding hydrogens is 344 g/mol. The Morgan fingerprint density at radius 3 is 2.80 bits per heavy atom. The van der Waals surface area contributed by atoms with Crippen molar-refractivity contribution in [2.75, 3.05) is 0 Å². The number of aromatic nitrogens is 1. The molecule has 1 aliphatic heterocycles. The predicted molar refractivity (Wildman–Crippen MR) is 96.3 cm³/mol. The molecule has 0 saturated carbocycles. The van der Waals surface area contributed by atoms with Gasteiger partial charge in [-0.15, -0.1) is 0 Å². The number of carbonyl (C=O) groups is 1. The highest BCUT2D eigenvalue weighted by Gasteiger charge is 2.32. The number of halogens is 2. The van der Waals surface area contributed by atoms with Crippen LogP contribution < -0.4 is 0 Å². The van der Waals surface area contributed by atoms with E-state index in [1.807, 2.05) is 18.4 Å². The summed E-state index contributed by atoms with van der Waals surface area (Å²) in [6, 6.07) is 3.04. The highest BCUT2D eigenvalue weighted by atomic mass is 32.2. The minimum Gasteiger partial charge on any atom is -0.481 e. The number of hydrogen-bond acceptors (Lipinski definition) is 2. The molecule has 3 rings (SSSR count). The number of aliphatic carboxylic acids is 1. The summed E-state index contributed by atoms with van der Waals surface area (Å²) in [5.74, 6) is -1.49. The van der Waals surface area contributed by atoms with E-state index in [9.17, 15) is 18.7 Å². The molecule has 0 saturated heterocycles. The lowest BCUT2D eigenvalue weighted by Gasteiger charge is -2.12. The molecule has 1 aromatic carbocycles. The zero-order chi connectivity index (χ0) is 18.3. The molecule has 0 spiro atoms. The Balaban J connectivity index is 2.30. The molecule has 0 bridgehead atoms. The van der Waals surface area contributed by atoms with Crippen molar-refractivity contribution in [2.24, 2.45) is 0 Å². The van der Waals surface area contributed by atoms with Crippen molar-refractivity contribution in [1.82, 2.24) is 4.57 Å². The van der Waals surface area contributed by atoms with Crippen LogP contribution in [-0.4, -0.2) is 15.6 Å². The molecule has 0 radical (unpaired) electrons. The largest absolute Gasteiger partial charge is 0.481 e. The van der Waals surface area contributed by atoms with E-state index in [1.54, 1.807) is 0 Å². The van der Waals surface area contributed by atoms with Gasteiger partial charge in [0.25, 0.3) is 0 Å². The van der Waals surface area contributed by atoms with Crippen molar-refractivity contribution in [3.63, 3.8) is 0 Å². The van der Waals surface area contributed by atoms with Crippen LogP contribution >= 0.6 is 11.8 Å². The minimum absolute atomic E-state index is 0.0295. The van der Waals surface area contributed by atoms with Gasteiger partial charge >= 0.3 is 5.97 Å². The maximum absolute atomic E-state index is 14.2. The molecule has 1 N–H and O–H groups in total. The van der Waals surface area contributed by atoms with Crippen LogP contribution in [0.1, 0.15) is 56.7 Å². The third kappa shape index (κ3) is 3.32. The van der Waals surface area contributed by atoms with Crippen molar-refractivity contribution in [2.45, 2.75) is 56.9 Å². The van der Waals surface area contributed by atoms with E-state index in [-0.39, 0.29) is 29.9 Å². The van der Waals surface area contributed by atoms with Crippen LogP contribution in [0.15, 0.2) is 28.3 Å². The Morgan fingerprint density at radius 2 is 2.20 bits per heavy atom. The van der Waals surface area contributed by atoms with Gasteiger partial charge in [-0.05, 0) is 37.0 Å². The fraction of sp³-hybridized carbons (Fsp3) is 0.421. The number of nitrogens with zero attached hydrogens (tertiary/aromatic N) is 1. The first-order valence-electron chi connectivity index (χ1n) is 8.35. The molecule has 2 aromatic rings. The number of thioether (sulfide) groups is 1. The van der Waals surface area contributed by atoms with Crippen LogP contribution in [0.25, 0.3) is 10.9 Å². The van der Waals surface area contributed by atoms with Gasteiger partial charge in [0.15, 0.2) is 0 Å². The first kappa shape index (κ1) is 18.0. The summed E-state index contributed by atoms with van der Waals surface area (Å²) >= 11 is 1.27. The molecule has 1 unspecified atom stereocenters. The number of allylic oxidation sites excluding steroid dienone is 1. The topological polar surface area (TPSA) is 42.2 Å². The maximum atomic E-state index is 14.2. The number of fused-ring (bicyclic) bond motifs is 3. The zero-order valence-electron chi connectivity index (χ0n) is 14.5. The minimum atomic E-state index is -0.855. The van der Waals surface area contributed by atoms with E-state index in [1.165, 1.54) is 36.2 Å². The number of carboxylic acid groups (broad SMARTS) is 1. The lowest BCUT2D eigenvalue weighted by Crippen LogP contribution is -2.04. The van der Waals surface area contributed by atoms with Crippen LogP contribution in [0.4, 0.5) is 8.78 Å². The quantitative estimate of drug-likeness (QED) is 0.682. The van der Waals surface area contributed by atoms with E-state index >= 15 is 0 Å². The Kier molecular flexibility index (Phi) is 4.91. The van der Waals surface area contributed by atoms with E-state index in [2.05, 4.69) is 0 Å². The predicted octanol–water partition coefficient (Wildman–Crippen LogP) is 5.79. The summed E-state index contributed by atoms with van der Waals surface area (Å²) in [4.78, 5) is 12.1. The number of aryl methyl sites for hydroxylation is 1. The lowest BCUT2D eigenvalue weighted by molar-refractivity contribution is -0.137. The van der Waals surface area contributed by atoms with Crippen molar-refractivity contribution >= 4 is 28.6 Å². The van der Waals surface area contributed by atoms with Crippen LogP contribution in [0.3, 0.4) is 0 Å². The van der Waals surface area contributed by atoms with Crippen LogP contribution in [0.2, 0.25) is 0 Å². The van der Waals surface area contributed by atoms with Crippen molar-refractivity contribution < 1.29 is 18.7 Å². The molecule has 0 aliphatic carbocycles. The van der Waals surface area contributed by atoms with Gasteiger partial charge in [0.05, 0.1) is 11.9 Å². The smallest absolute Gasteiger partial charge is 0.304 e. The number of benzene rings is 1. The molecule has 6 heteroatoms. The van der Waals surface area contributed by atoms with Crippen LogP contribution in [0.5, 0.6) is 0 Å². The summed E-state index contributed by atoms with van der Waals surface area (Å²) < 4.78 is 29.5. The number of hydrogen-bond donors (Lipinski definition) is 1. The summed E-state index contributed by atoms with van der Waals surface area (Å²) in [6.07, 6.45) is 0.735. The molecule has 1 aliphatic rings. The normalized spacial score (nSPS) is 17.5. The Bertz CT molecular complexity index is 866. The highest BCUT2D eigenvalue weighted by Crippen LogP contribution is 2.47. The first-order chi connectivity index (χ1) is 11.8. The third-order valence-corrected chi connectivity index (χ3v) is 5.72.